The molecule has 0 saturated heterocycles. The predicted octanol–water partition coefficient (Wildman–Crippen LogP) is 3.50. The van der Waals surface area contributed by atoms with E-state index in [0.717, 1.165) is 16.7 Å². The fourth-order valence-electron chi connectivity index (χ4n) is 1.30. The molecule has 0 heterocycles. The number of nitrogens with zero attached hydrogens (tertiary/aromatic N) is 1. The van der Waals surface area contributed by atoms with Crippen LogP contribution in [0.3, 0.4) is 0 Å². The van der Waals surface area contributed by atoms with E-state index in [2.05, 4.69) is 29.4 Å². The first-order valence-corrected chi connectivity index (χ1v) is 4.84. The van der Waals surface area contributed by atoms with Crippen LogP contribution in [0.2, 0.25) is 0 Å². The van der Waals surface area contributed by atoms with Crippen molar-refractivity contribution in [2.24, 2.45) is 4.99 Å². The molecule has 0 atom stereocenters. The van der Waals surface area contributed by atoms with Crippen LogP contribution in [-0.4, -0.2) is 13.3 Å². The molecule has 0 amide bonds. The third-order valence-corrected chi connectivity index (χ3v) is 2.14. The second-order valence-corrected chi connectivity index (χ2v) is 3.16. The van der Waals surface area contributed by atoms with Gasteiger partial charge in [0.25, 0.3) is 0 Å². The fraction of sp³-hybridized carbons (Fsp3) is 0.143. The lowest BCUT2D eigenvalue weighted by Crippen LogP contribution is -1.86. The van der Waals surface area contributed by atoms with E-state index in [0.29, 0.717) is 0 Å². The van der Waals surface area contributed by atoms with Crippen molar-refractivity contribution in [3.63, 3.8) is 0 Å². The number of rotatable bonds is 3. The highest BCUT2D eigenvalue weighted by Crippen LogP contribution is 2.20. The molecule has 0 aliphatic heterocycles. The normalized spacial score (nSPS) is 11.5. The van der Waals surface area contributed by atoms with Crippen LogP contribution in [0, 0.1) is 0 Å². The number of aliphatic imine (C=N–C) groups is 1. The minimum Gasteiger partial charge on any atom is -0.296 e. The molecule has 0 bridgehead atoms. The Balaban J connectivity index is 3.19. The van der Waals surface area contributed by atoms with Gasteiger partial charge in [-0.1, -0.05) is 36.9 Å². The van der Waals surface area contributed by atoms with E-state index in [1.807, 2.05) is 31.2 Å². The van der Waals surface area contributed by atoms with Crippen molar-refractivity contribution in [1.82, 2.24) is 0 Å². The summed E-state index contributed by atoms with van der Waals surface area (Å²) < 4.78 is 0. The minimum absolute atomic E-state index is 1.03. The lowest BCUT2D eigenvalue weighted by atomic mass is 9.99. The predicted molar refractivity (Wildman–Crippen MR) is 67.2 cm³/mol. The van der Waals surface area contributed by atoms with Gasteiger partial charge >= 0.3 is 0 Å². The van der Waals surface area contributed by atoms with Gasteiger partial charge in [0.1, 0.15) is 0 Å². The lowest BCUT2D eigenvalue weighted by Gasteiger charge is -2.04. The molecule has 0 saturated carbocycles. The van der Waals surface area contributed by atoms with E-state index >= 15 is 0 Å². The number of allylic oxidation sites excluding steroid dienone is 3. The van der Waals surface area contributed by atoms with Crippen molar-refractivity contribution < 1.29 is 0 Å². The summed E-state index contributed by atoms with van der Waals surface area (Å²) in [5, 5.41) is 0. The SMILES string of the molecule is C=C=C(C)/C(=C/C=N\C)c1ccccc1. The highest BCUT2D eigenvalue weighted by molar-refractivity contribution is 5.90. The van der Waals surface area contributed by atoms with Gasteiger partial charge in [-0.25, -0.2) is 0 Å². The summed E-state index contributed by atoms with van der Waals surface area (Å²) in [6, 6.07) is 10.2. The summed E-state index contributed by atoms with van der Waals surface area (Å²) in [5.41, 5.74) is 6.20. The molecule has 1 nitrogen and oxygen atoms in total. The zero-order valence-corrected chi connectivity index (χ0v) is 9.20. The Labute approximate surface area is 91.2 Å². The van der Waals surface area contributed by atoms with Gasteiger partial charge in [-0.2, -0.15) is 0 Å². The monoisotopic (exact) mass is 197 g/mol. The Morgan fingerprint density at radius 1 is 1.33 bits per heavy atom. The van der Waals surface area contributed by atoms with Gasteiger partial charge in [0, 0.05) is 13.3 Å². The van der Waals surface area contributed by atoms with Crippen LogP contribution >= 0.6 is 0 Å². The molecule has 15 heavy (non-hydrogen) atoms. The van der Waals surface area contributed by atoms with Crippen molar-refractivity contribution in [2.75, 3.05) is 7.05 Å². The van der Waals surface area contributed by atoms with Gasteiger partial charge in [-0.3, -0.25) is 4.99 Å². The van der Waals surface area contributed by atoms with Crippen LogP contribution in [0.25, 0.3) is 5.57 Å². The smallest absolute Gasteiger partial charge is 0.0277 e. The van der Waals surface area contributed by atoms with Crippen molar-refractivity contribution in [3.05, 3.63) is 59.9 Å². The summed E-state index contributed by atoms with van der Waals surface area (Å²) in [7, 11) is 1.76. The van der Waals surface area contributed by atoms with Gasteiger partial charge in [-0.15, -0.1) is 5.73 Å². The third-order valence-electron chi connectivity index (χ3n) is 2.14. The Kier molecular flexibility index (Phi) is 4.33. The maximum absolute atomic E-state index is 3.95. The molecule has 1 rings (SSSR count). The molecular formula is C14H15N. The maximum atomic E-state index is 3.95. The fourth-order valence-corrected chi connectivity index (χ4v) is 1.30. The maximum Gasteiger partial charge on any atom is 0.0277 e. The summed E-state index contributed by atoms with van der Waals surface area (Å²) in [6.07, 6.45) is 3.76. The molecule has 1 aromatic rings. The molecule has 0 aromatic heterocycles. The first-order chi connectivity index (χ1) is 7.29. The van der Waals surface area contributed by atoms with Crippen molar-refractivity contribution >= 4 is 11.8 Å². The van der Waals surface area contributed by atoms with Crippen LogP contribution in [-0.2, 0) is 0 Å². The Morgan fingerprint density at radius 3 is 2.53 bits per heavy atom. The van der Waals surface area contributed by atoms with Crippen molar-refractivity contribution in [3.8, 4) is 0 Å². The van der Waals surface area contributed by atoms with Crippen molar-refractivity contribution in [1.29, 1.82) is 0 Å². The molecule has 0 aliphatic carbocycles. The van der Waals surface area contributed by atoms with Crippen LogP contribution in [0.5, 0.6) is 0 Å². The number of hydrogen-bond donors (Lipinski definition) is 0. The zero-order chi connectivity index (χ0) is 11.1. The Morgan fingerprint density at radius 2 is 2.00 bits per heavy atom. The quantitative estimate of drug-likeness (QED) is 0.399. The van der Waals surface area contributed by atoms with E-state index in [4.69, 9.17) is 0 Å². The van der Waals surface area contributed by atoms with Gasteiger partial charge in [0.05, 0.1) is 0 Å². The first-order valence-electron chi connectivity index (χ1n) is 4.84. The van der Waals surface area contributed by atoms with E-state index in [1.54, 1.807) is 13.3 Å². The van der Waals surface area contributed by atoms with E-state index in [9.17, 15) is 0 Å². The highest BCUT2D eigenvalue weighted by atomic mass is 14.6. The highest BCUT2D eigenvalue weighted by Gasteiger charge is 2.01. The first kappa shape index (κ1) is 11.2. The lowest BCUT2D eigenvalue weighted by molar-refractivity contribution is 1.47. The van der Waals surface area contributed by atoms with Crippen LogP contribution in [0.1, 0.15) is 12.5 Å². The number of hydrogen-bond acceptors (Lipinski definition) is 1. The molecule has 76 valence electrons. The molecule has 0 fully saturated rings. The molecule has 0 aliphatic rings. The van der Waals surface area contributed by atoms with Gasteiger partial charge in [0.15, 0.2) is 0 Å². The van der Waals surface area contributed by atoms with Crippen LogP contribution < -0.4 is 0 Å². The second-order valence-electron chi connectivity index (χ2n) is 3.16. The topological polar surface area (TPSA) is 12.4 Å². The van der Waals surface area contributed by atoms with E-state index in [1.165, 1.54) is 0 Å². The summed E-state index contributed by atoms with van der Waals surface area (Å²) in [5.74, 6) is 0. The Hall–Kier alpha value is -1.85. The van der Waals surface area contributed by atoms with Crippen LogP contribution in [0.4, 0.5) is 0 Å². The standard InChI is InChI=1S/C14H15N/c1-4-12(2)14(10-11-15-3)13-8-6-5-7-9-13/h5-11H,1H2,2-3H3/b14-10-,15-11-. The Bertz CT molecular complexity index is 418. The van der Waals surface area contributed by atoms with E-state index in [-0.39, 0.29) is 0 Å². The molecule has 0 N–H and O–H groups in total. The average molecular weight is 197 g/mol. The number of benzene rings is 1. The molecular weight excluding hydrogens is 182 g/mol. The molecule has 0 radical (unpaired) electrons. The molecule has 0 spiro atoms. The van der Waals surface area contributed by atoms with Gasteiger partial charge < -0.3 is 0 Å². The summed E-state index contributed by atoms with van der Waals surface area (Å²) in [6.45, 7) is 5.66. The largest absolute Gasteiger partial charge is 0.296 e. The van der Waals surface area contributed by atoms with Crippen LogP contribution in [0.15, 0.2) is 59.3 Å². The van der Waals surface area contributed by atoms with Gasteiger partial charge in [0.2, 0.25) is 0 Å². The second kappa shape index (κ2) is 5.79. The zero-order valence-electron chi connectivity index (χ0n) is 9.20. The summed E-state index contributed by atoms with van der Waals surface area (Å²) >= 11 is 0. The summed E-state index contributed by atoms with van der Waals surface area (Å²) in [4.78, 5) is 3.95. The molecule has 1 heteroatoms. The van der Waals surface area contributed by atoms with Gasteiger partial charge in [-0.05, 0) is 29.7 Å². The van der Waals surface area contributed by atoms with Crippen molar-refractivity contribution in [2.45, 2.75) is 6.92 Å². The van der Waals surface area contributed by atoms with E-state index < -0.39 is 0 Å². The third kappa shape index (κ3) is 3.08. The molecule has 1 aromatic carbocycles. The molecule has 0 unspecified atom stereocenters. The average Bonchev–Trinajstić information content (AvgIpc) is 2.30. The minimum atomic E-state index is 1.03.